The second-order valence-corrected chi connectivity index (χ2v) is 3.54. The summed E-state index contributed by atoms with van der Waals surface area (Å²) in [5.74, 6) is 0. The van der Waals surface area contributed by atoms with E-state index in [1.807, 2.05) is 0 Å². The average Bonchev–Trinajstić information content (AvgIpc) is 2.18. The Balaban J connectivity index is 0. The monoisotopic (exact) mass is 265 g/mol. The van der Waals surface area contributed by atoms with Gasteiger partial charge in [0.2, 0.25) is 0 Å². The molecule has 0 aliphatic carbocycles. The van der Waals surface area contributed by atoms with Crippen LogP contribution in [0.3, 0.4) is 0 Å². The number of rotatable bonds is 10. The standard InChI is InChI=1S/C11H23NO2.Zn/c1-3-5-7-9-12(14-11-13)10-8-6-4-2;/h11H,3-10H2,1-2H3;. The first kappa shape index (κ1) is 17.4. The summed E-state index contributed by atoms with van der Waals surface area (Å²) < 4.78 is 0. The molecule has 0 heterocycles. The van der Waals surface area contributed by atoms with Crippen LogP contribution < -0.4 is 0 Å². The van der Waals surface area contributed by atoms with Gasteiger partial charge in [-0.1, -0.05) is 39.5 Å². The normalized spacial score (nSPS) is 9.80. The molecule has 0 saturated heterocycles. The van der Waals surface area contributed by atoms with E-state index in [0.29, 0.717) is 6.47 Å². The molecule has 0 bridgehead atoms. The molecule has 86 valence electrons. The maximum Gasteiger partial charge on any atom is 0.312 e. The van der Waals surface area contributed by atoms with Crippen LogP contribution in [0, 0.1) is 0 Å². The van der Waals surface area contributed by atoms with Crippen LogP contribution in [0.1, 0.15) is 52.4 Å². The van der Waals surface area contributed by atoms with Crippen molar-refractivity contribution in [3.63, 3.8) is 0 Å². The van der Waals surface area contributed by atoms with E-state index in [0.717, 1.165) is 25.9 Å². The first-order chi connectivity index (χ1) is 6.85. The average molecular weight is 267 g/mol. The molecular weight excluding hydrogens is 244 g/mol. The summed E-state index contributed by atoms with van der Waals surface area (Å²) in [6, 6.07) is 0. The van der Waals surface area contributed by atoms with Gasteiger partial charge in [0.25, 0.3) is 0 Å². The summed E-state index contributed by atoms with van der Waals surface area (Å²) >= 11 is 0. The first-order valence-corrected chi connectivity index (χ1v) is 5.70. The van der Waals surface area contributed by atoms with Crippen LogP contribution in [0.15, 0.2) is 0 Å². The predicted molar refractivity (Wildman–Crippen MR) is 57.8 cm³/mol. The van der Waals surface area contributed by atoms with Crippen LogP contribution in [0.25, 0.3) is 0 Å². The molecule has 0 aromatic heterocycles. The smallest absolute Gasteiger partial charge is 0.312 e. The van der Waals surface area contributed by atoms with Crippen molar-refractivity contribution in [2.24, 2.45) is 0 Å². The minimum atomic E-state index is 0. The maximum atomic E-state index is 10.2. The molecule has 15 heavy (non-hydrogen) atoms. The summed E-state index contributed by atoms with van der Waals surface area (Å²) in [5.41, 5.74) is 0. The summed E-state index contributed by atoms with van der Waals surface area (Å²) in [6.45, 7) is 6.61. The van der Waals surface area contributed by atoms with Gasteiger partial charge >= 0.3 is 6.47 Å². The summed E-state index contributed by atoms with van der Waals surface area (Å²) in [6.07, 6.45) is 7.01. The van der Waals surface area contributed by atoms with E-state index in [2.05, 4.69) is 13.8 Å². The maximum absolute atomic E-state index is 10.2. The van der Waals surface area contributed by atoms with Crippen LogP contribution in [-0.2, 0) is 29.1 Å². The van der Waals surface area contributed by atoms with Gasteiger partial charge in [-0.15, -0.1) is 5.06 Å². The van der Waals surface area contributed by atoms with Gasteiger partial charge in [-0.25, -0.2) is 0 Å². The molecule has 0 N–H and O–H groups in total. The molecule has 0 aromatic rings. The van der Waals surface area contributed by atoms with Gasteiger partial charge in [-0.2, -0.15) is 0 Å². The van der Waals surface area contributed by atoms with E-state index in [9.17, 15) is 4.79 Å². The number of carbonyl (C=O) groups excluding carboxylic acids is 1. The van der Waals surface area contributed by atoms with Crippen molar-refractivity contribution in [2.75, 3.05) is 13.1 Å². The Kier molecular flexibility index (Phi) is 16.3. The van der Waals surface area contributed by atoms with Crippen molar-refractivity contribution in [3.05, 3.63) is 0 Å². The Morgan fingerprint density at radius 1 is 1.00 bits per heavy atom. The number of hydrogen-bond acceptors (Lipinski definition) is 3. The molecule has 4 heteroatoms. The van der Waals surface area contributed by atoms with E-state index in [4.69, 9.17) is 4.84 Å². The van der Waals surface area contributed by atoms with E-state index in [1.54, 1.807) is 5.06 Å². The van der Waals surface area contributed by atoms with E-state index < -0.39 is 0 Å². The molecule has 0 saturated carbocycles. The number of hydrogen-bond donors (Lipinski definition) is 0. The van der Waals surface area contributed by atoms with Crippen LogP contribution >= 0.6 is 0 Å². The third-order valence-electron chi connectivity index (χ3n) is 2.21. The van der Waals surface area contributed by atoms with E-state index in [1.165, 1.54) is 25.7 Å². The largest absolute Gasteiger partial charge is 0.371 e. The fourth-order valence-corrected chi connectivity index (χ4v) is 1.35. The van der Waals surface area contributed by atoms with Crippen LogP contribution in [0.4, 0.5) is 0 Å². The van der Waals surface area contributed by atoms with E-state index in [-0.39, 0.29) is 19.5 Å². The third-order valence-corrected chi connectivity index (χ3v) is 2.21. The number of unbranched alkanes of at least 4 members (excludes halogenated alkanes) is 4. The fourth-order valence-electron chi connectivity index (χ4n) is 1.35. The molecule has 0 radical (unpaired) electrons. The summed E-state index contributed by atoms with van der Waals surface area (Å²) in [4.78, 5) is 15.1. The minimum absolute atomic E-state index is 0. The van der Waals surface area contributed by atoms with Gasteiger partial charge in [0, 0.05) is 32.6 Å². The van der Waals surface area contributed by atoms with Crippen molar-refractivity contribution < 1.29 is 29.1 Å². The van der Waals surface area contributed by atoms with Gasteiger partial charge in [0.05, 0.1) is 0 Å². The number of nitrogens with zero attached hydrogens (tertiary/aromatic N) is 1. The van der Waals surface area contributed by atoms with Crippen molar-refractivity contribution in [2.45, 2.75) is 52.4 Å². The van der Waals surface area contributed by atoms with Gasteiger partial charge in [-0.3, -0.25) is 4.79 Å². The quantitative estimate of drug-likeness (QED) is 0.264. The van der Waals surface area contributed by atoms with Gasteiger partial charge in [-0.05, 0) is 12.8 Å². The Labute approximate surface area is 106 Å². The van der Waals surface area contributed by atoms with Gasteiger partial charge < -0.3 is 4.84 Å². The molecular formula is C11H23NO2Zn. The minimum Gasteiger partial charge on any atom is -0.371 e. The third kappa shape index (κ3) is 12.0. The first-order valence-electron chi connectivity index (χ1n) is 5.70. The fraction of sp³-hybridized carbons (Fsp3) is 0.909. The molecule has 0 spiro atoms. The zero-order valence-electron chi connectivity index (χ0n) is 10.2. The van der Waals surface area contributed by atoms with Crippen molar-refractivity contribution in [3.8, 4) is 0 Å². The molecule has 0 aromatic carbocycles. The predicted octanol–water partition coefficient (Wildman–Crippen LogP) is 2.75. The molecule has 0 amide bonds. The van der Waals surface area contributed by atoms with E-state index >= 15 is 0 Å². The Hall–Kier alpha value is 0.0534. The van der Waals surface area contributed by atoms with Gasteiger partial charge in [0.15, 0.2) is 0 Å². The van der Waals surface area contributed by atoms with Crippen LogP contribution in [0.2, 0.25) is 0 Å². The van der Waals surface area contributed by atoms with Crippen molar-refractivity contribution in [1.82, 2.24) is 5.06 Å². The Morgan fingerprint density at radius 2 is 1.47 bits per heavy atom. The topological polar surface area (TPSA) is 29.5 Å². The zero-order chi connectivity index (χ0) is 10.6. The molecule has 0 atom stereocenters. The number of carbonyl (C=O) groups is 1. The summed E-state index contributed by atoms with van der Waals surface area (Å²) in [7, 11) is 0. The zero-order valence-corrected chi connectivity index (χ0v) is 13.2. The number of hydroxylamine groups is 2. The molecule has 0 aliphatic heterocycles. The second kappa shape index (κ2) is 14.1. The molecule has 0 fully saturated rings. The van der Waals surface area contributed by atoms with Crippen LogP contribution in [0.5, 0.6) is 0 Å². The Morgan fingerprint density at radius 3 is 1.80 bits per heavy atom. The second-order valence-electron chi connectivity index (χ2n) is 3.54. The molecule has 0 rings (SSSR count). The van der Waals surface area contributed by atoms with Gasteiger partial charge in [0.1, 0.15) is 0 Å². The summed E-state index contributed by atoms with van der Waals surface area (Å²) in [5, 5.41) is 1.78. The SMILES string of the molecule is CCCCCN(CCCCC)OC=O.[Zn]. The van der Waals surface area contributed by atoms with Crippen molar-refractivity contribution in [1.29, 1.82) is 0 Å². The molecule has 0 unspecified atom stereocenters. The van der Waals surface area contributed by atoms with Crippen molar-refractivity contribution >= 4 is 6.47 Å². The molecule has 0 aliphatic rings. The van der Waals surface area contributed by atoms with Crippen LogP contribution in [-0.4, -0.2) is 24.6 Å². The molecule has 3 nitrogen and oxygen atoms in total. The Bertz CT molecular complexity index is 124.